The van der Waals surface area contributed by atoms with Crippen molar-refractivity contribution in [3.8, 4) is 0 Å². The highest BCUT2D eigenvalue weighted by molar-refractivity contribution is 7.19. The van der Waals surface area contributed by atoms with Crippen molar-refractivity contribution in [2.75, 3.05) is 39.4 Å². The number of nitrogens with zero attached hydrogens (tertiary/aromatic N) is 5. The lowest BCUT2D eigenvalue weighted by atomic mass is 9.87. The molecule has 28 heavy (non-hydrogen) atoms. The van der Waals surface area contributed by atoms with Crippen LogP contribution in [0.25, 0.3) is 15.9 Å². The number of rotatable bonds is 4. The van der Waals surface area contributed by atoms with Crippen LogP contribution in [0.15, 0.2) is 6.33 Å². The molecule has 0 spiro atoms. The van der Waals surface area contributed by atoms with Gasteiger partial charge in [-0.2, -0.15) is 0 Å². The fourth-order valence-corrected chi connectivity index (χ4v) is 5.51. The van der Waals surface area contributed by atoms with Gasteiger partial charge in [-0.25, -0.2) is 14.5 Å². The first-order valence-corrected chi connectivity index (χ1v) is 10.8. The zero-order chi connectivity index (χ0) is 19.1. The average Bonchev–Trinajstić information content (AvgIpc) is 3.30. The van der Waals surface area contributed by atoms with Crippen LogP contribution in [0.1, 0.15) is 46.7 Å². The van der Waals surface area contributed by atoms with Crippen molar-refractivity contribution in [3.05, 3.63) is 22.6 Å². The maximum Gasteiger partial charge on any atom is 0.291 e. The number of carbonyl (C=O) groups excluding carboxylic acids is 1. The van der Waals surface area contributed by atoms with Crippen molar-refractivity contribution >= 4 is 33.1 Å². The van der Waals surface area contributed by atoms with Gasteiger partial charge in [-0.05, 0) is 30.7 Å². The summed E-state index contributed by atoms with van der Waals surface area (Å²) < 4.78 is 7.00. The van der Waals surface area contributed by atoms with Crippen LogP contribution in [-0.4, -0.2) is 69.8 Å². The van der Waals surface area contributed by atoms with Crippen molar-refractivity contribution < 1.29 is 9.53 Å². The number of nitrogens with one attached hydrogen (secondary N) is 1. The van der Waals surface area contributed by atoms with Crippen molar-refractivity contribution in [1.29, 1.82) is 0 Å². The van der Waals surface area contributed by atoms with E-state index in [4.69, 9.17) is 4.74 Å². The zero-order valence-electron chi connectivity index (χ0n) is 16.0. The van der Waals surface area contributed by atoms with Gasteiger partial charge >= 0.3 is 0 Å². The number of hydrogen-bond donors (Lipinski definition) is 1. The van der Waals surface area contributed by atoms with Crippen LogP contribution in [0.5, 0.6) is 0 Å². The summed E-state index contributed by atoms with van der Waals surface area (Å²) in [6, 6.07) is 0. The van der Waals surface area contributed by atoms with E-state index in [1.807, 2.05) is 0 Å². The van der Waals surface area contributed by atoms with Gasteiger partial charge in [-0.1, -0.05) is 6.92 Å². The largest absolute Gasteiger partial charge is 0.379 e. The second-order valence-electron chi connectivity index (χ2n) is 7.57. The number of thiophene rings is 1. The summed E-state index contributed by atoms with van der Waals surface area (Å²) in [5.74, 6) is 0.468. The van der Waals surface area contributed by atoms with E-state index in [1.54, 1.807) is 22.2 Å². The highest BCUT2D eigenvalue weighted by atomic mass is 32.1. The highest BCUT2D eigenvalue weighted by Crippen LogP contribution is 2.42. The van der Waals surface area contributed by atoms with E-state index >= 15 is 0 Å². The Balaban J connectivity index is 1.39. The molecule has 1 fully saturated rings. The third-order valence-corrected chi connectivity index (χ3v) is 6.87. The van der Waals surface area contributed by atoms with Crippen molar-refractivity contribution in [2.24, 2.45) is 0 Å². The van der Waals surface area contributed by atoms with Gasteiger partial charge in [0.15, 0.2) is 5.65 Å². The molecular formula is C19H24N6O2S. The fourth-order valence-electron chi connectivity index (χ4n) is 4.21. The minimum absolute atomic E-state index is 0.208. The lowest BCUT2D eigenvalue weighted by Crippen LogP contribution is -2.41. The Morgan fingerprint density at radius 1 is 1.39 bits per heavy atom. The van der Waals surface area contributed by atoms with Crippen LogP contribution in [0.3, 0.4) is 0 Å². The maximum absolute atomic E-state index is 12.6. The summed E-state index contributed by atoms with van der Waals surface area (Å²) in [4.78, 5) is 26.4. The van der Waals surface area contributed by atoms with Gasteiger partial charge in [0.05, 0.1) is 18.6 Å². The third-order valence-electron chi connectivity index (χ3n) is 5.70. The quantitative estimate of drug-likeness (QED) is 0.719. The lowest BCUT2D eigenvalue weighted by molar-refractivity contribution is 0.0383. The summed E-state index contributed by atoms with van der Waals surface area (Å²) in [6.45, 7) is 6.99. The smallest absolute Gasteiger partial charge is 0.291 e. The highest BCUT2D eigenvalue weighted by Gasteiger charge is 2.26. The Kier molecular flexibility index (Phi) is 4.73. The minimum Gasteiger partial charge on any atom is -0.379 e. The number of morpholine rings is 1. The Morgan fingerprint density at radius 2 is 2.25 bits per heavy atom. The molecule has 9 heteroatoms. The van der Waals surface area contributed by atoms with Gasteiger partial charge in [0.1, 0.15) is 11.2 Å². The van der Waals surface area contributed by atoms with Gasteiger partial charge < -0.3 is 10.1 Å². The standard InChI is InChI=1S/C19H24N6O2S/c1-12-3-2-4-13-14(12)15-17-22-16(23-25(17)11-21-19(15)28-13)18(26)20-5-6-24-7-9-27-10-8-24/h11-12H,2-10H2,1H3,(H,20,26)/t12-/m0/s1. The van der Waals surface area contributed by atoms with Crippen molar-refractivity contribution in [1.82, 2.24) is 29.8 Å². The molecule has 1 N–H and O–H groups in total. The first kappa shape index (κ1) is 18.0. The van der Waals surface area contributed by atoms with Gasteiger partial charge in [0.25, 0.3) is 5.91 Å². The Labute approximate surface area is 166 Å². The molecule has 1 atom stereocenters. The van der Waals surface area contributed by atoms with Gasteiger partial charge in [-0.3, -0.25) is 9.69 Å². The zero-order valence-corrected chi connectivity index (χ0v) is 16.8. The molecule has 148 valence electrons. The van der Waals surface area contributed by atoms with E-state index in [2.05, 4.69) is 32.2 Å². The molecular weight excluding hydrogens is 376 g/mol. The Morgan fingerprint density at radius 3 is 3.11 bits per heavy atom. The van der Waals surface area contributed by atoms with Crippen molar-refractivity contribution in [3.63, 3.8) is 0 Å². The number of aryl methyl sites for hydroxylation is 1. The number of fused-ring (bicyclic) bond motifs is 5. The molecule has 0 bridgehead atoms. The maximum atomic E-state index is 12.6. The summed E-state index contributed by atoms with van der Waals surface area (Å²) in [7, 11) is 0. The molecule has 8 nitrogen and oxygen atoms in total. The molecule has 3 aromatic rings. The third kappa shape index (κ3) is 3.17. The number of ether oxygens (including phenoxy) is 1. The molecule has 0 aromatic carbocycles. The fraction of sp³-hybridized carbons (Fsp3) is 0.579. The number of amides is 1. The van der Waals surface area contributed by atoms with E-state index in [0.29, 0.717) is 12.5 Å². The first-order chi connectivity index (χ1) is 13.7. The molecule has 0 radical (unpaired) electrons. The van der Waals surface area contributed by atoms with Crippen LogP contribution in [-0.2, 0) is 11.2 Å². The molecule has 2 aliphatic rings. The van der Waals surface area contributed by atoms with E-state index in [1.165, 1.54) is 23.3 Å². The molecule has 0 unspecified atom stereocenters. The molecule has 3 aromatic heterocycles. The summed E-state index contributed by atoms with van der Waals surface area (Å²) >= 11 is 1.76. The van der Waals surface area contributed by atoms with Crippen LogP contribution in [0.4, 0.5) is 0 Å². The second kappa shape index (κ2) is 7.38. The van der Waals surface area contributed by atoms with Gasteiger partial charge in [0.2, 0.25) is 5.82 Å². The van der Waals surface area contributed by atoms with Gasteiger partial charge in [0, 0.05) is 31.1 Å². The van der Waals surface area contributed by atoms with Crippen LogP contribution < -0.4 is 5.32 Å². The van der Waals surface area contributed by atoms with Gasteiger partial charge in [-0.15, -0.1) is 16.4 Å². The summed E-state index contributed by atoms with van der Waals surface area (Å²) in [5, 5.41) is 8.40. The number of aromatic nitrogens is 4. The van der Waals surface area contributed by atoms with Crippen LogP contribution in [0.2, 0.25) is 0 Å². The molecule has 1 saturated heterocycles. The van der Waals surface area contributed by atoms with E-state index in [0.717, 1.165) is 55.1 Å². The van der Waals surface area contributed by atoms with E-state index < -0.39 is 0 Å². The Hall–Kier alpha value is -2.10. The topological polar surface area (TPSA) is 84.7 Å². The molecule has 5 rings (SSSR count). The molecule has 4 heterocycles. The molecule has 1 amide bonds. The minimum atomic E-state index is -0.234. The summed E-state index contributed by atoms with van der Waals surface area (Å²) in [6.07, 6.45) is 5.18. The molecule has 0 saturated carbocycles. The average molecular weight is 401 g/mol. The predicted molar refractivity (Wildman–Crippen MR) is 107 cm³/mol. The normalized spacial score (nSPS) is 20.5. The number of carbonyl (C=O) groups is 1. The molecule has 1 aliphatic heterocycles. The lowest BCUT2D eigenvalue weighted by Gasteiger charge is -2.26. The Bertz CT molecular complexity index is 1020. The van der Waals surface area contributed by atoms with Crippen molar-refractivity contribution in [2.45, 2.75) is 32.1 Å². The van der Waals surface area contributed by atoms with E-state index in [-0.39, 0.29) is 11.7 Å². The number of hydrogen-bond acceptors (Lipinski definition) is 7. The second-order valence-corrected chi connectivity index (χ2v) is 8.65. The van der Waals surface area contributed by atoms with E-state index in [9.17, 15) is 4.79 Å². The summed E-state index contributed by atoms with van der Waals surface area (Å²) in [5.41, 5.74) is 2.10. The predicted octanol–water partition coefficient (Wildman–Crippen LogP) is 1.84. The molecule has 1 aliphatic carbocycles. The monoisotopic (exact) mass is 400 g/mol. The first-order valence-electron chi connectivity index (χ1n) is 9.95. The van der Waals surface area contributed by atoms with Crippen LogP contribution >= 0.6 is 11.3 Å². The SMILES string of the molecule is C[C@H]1CCCc2sc3ncn4nc(C(=O)NCCN5CCOCC5)nc4c3c21. The van der Waals surface area contributed by atoms with Crippen LogP contribution in [0, 0.1) is 0 Å².